The standard InChI is InChI=1S/C9H12N2O2/c1-2-13-9(12)7-5-6(7)8-10-3-4-11-8/h3-4,6-7H,2,5H2,1H3,(H,10,11). The number of nitrogens with one attached hydrogen (secondary N) is 1. The summed E-state index contributed by atoms with van der Waals surface area (Å²) in [5.41, 5.74) is 0. The fourth-order valence-corrected chi connectivity index (χ4v) is 1.49. The van der Waals surface area contributed by atoms with Crippen molar-refractivity contribution in [1.29, 1.82) is 0 Å². The molecule has 2 atom stereocenters. The van der Waals surface area contributed by atoms with Gasteiger partial charge >= 0.3 is 5.97 Å². The first kappa shape index (κ1) is 8.29. The van der Waals surface area contributed by atoms with E-state index in [4.69, 9.17) is 4.74 Å². The zero-order valence-corrected chi connectivity index (χ0v) is 7.49. The molecule has 4 heteroatoms. The zero-order valence-electron chi connectivity index (χ0n) is 7.49. The van der Waals surface area contributed by atoms with Crippen molar-refractivity contribution in [1.82, 2.24) is 9.97 Å². The summed E-state index contributed by atoms with van der Waals surface area (Å²) in [5, 5.41) is 0. The van der Waals surface area contributed by atoms with Gasteiger partial charge < -0.3 is 9.72 Å². The van der Waals surface area contributed by atoms with Gasteiger partial charge in [-0.2, -0.15) is 0 Å². The van der Waals surface area contributed by atoms with Crippen molar-refractivity contribution in [2.24, 2.45) is 5.92 Å². The van der Waals surface area contributed by atoms with Crippen LogP contribution < -0.4 is 0 Å². The molecule has 1 fully saturated rings. The molecule has 2 rings (SSSR count). The Morgan fingerprint density at radius 3 is 3.31 bits per heavy atom. The van der Waals surface area contributed by atoms with Crippen LogP contribution in [0.4, 0.5) is 0 Å². The van der Waals surface area contributed by atoms with Gasteiger partial charge in [-0.05, 0) is 13.3 Å². The minimum atomic E-state index is -0.0936. The molecule has 0 spiro atoms. The molecule has 13 heavy (non-hydrogen) atoms. The van der Waals surface area contributed by atoms with Crippen molar-refractivity contribution in [3.05, 3.63) is 18.2 Å². The highest BCUT2D eigenvalue weighted by Gasteiger charge is 2.46. The predicted molar refractivity (Wildman–Crippen MR) is 46.1 cm³/mol. The molecule has 0 aromatic carbocycles. The van der Waals surface area contributed by atoms with Crippen LogP contribution >= 0.6 is 0 Å². The summed E-state index contributed by atoms with van der Waals surface area (Å²) in [6.07, 6.45) is 4.35. The summed E-state index contributed by atoms with van der Waals surface area (Å²) in [6.45, 7) is 2.28. The van der Waals surface area contributed by atoms with Crippen molar-refractivity contribution in [2.75, 3.05) is 6.61 Å². The van der Waals surface area contributed by atoms with Gasteiger partial charge in [0.25, 0.3) is 0 Å². The molecule has 1 saturated carbocycles. The number of ether oxygens (including phenoxy) is 1. The minimum absolute atomic E-state index is 0.0334. The second kappa shape index (κ2) is 3.20. The molecular formula is C9H12N2O2. The highest BCUT2D eigenvalue weighted by Crippen LogP contribution is 2.46. The lowest BCUT2D eigenvalue weighted by Gasteiger charge is -1.98. The third-order valence-corrected chi connectivity index (χ3v) is 2.25. The number of H-pyrrole nitrogens is 1. The molecular weight excluding hydrogens is 168 g/mol. The molecule has 2 unspecified atom stereocenters. The summed E-state index contributed by atoms with van der Waals surface area (Å²) in [6, 6.07) is 0. The van der Waals surface area contributed by atoms with Crippen LogP contribution in [0.2, 0.25) is 0 Å². The van der Waals surface area contributed by atoms with Crippen LogP contribution in [0.3, 0.4) is 0 Å². The SMILES string of the molecule is CCOC(=O)C1CC1c1ncc[nH]1. The Bertz CT molecular complexity index is 295. The van der Waals surface area contributed by atoms with Gasteiger partial charge in [0.15, 0.2) is 0 Å². The first-order valence-electron chi connectivity index (χ1n) is 4.49. The van der Waals surface area contributed by atoms with Crippen molar-refractivity contribution < 1.29 is 9.53 Å². The van der Waals surface area contributed by atoms with Crippen molar-refractivity contribution in [3.8, 4) is 0 Å². The summed E-state index contributed by atoms with van der Waals surface area (Å²) in [7, 11) is 0. The quantitative estimate of drug-likeness (QED) is 0.708. The molecule has 0 aliphatic heterocycles. The topological polar surface area (TPSA) is 55.0 Å². The Kier molecular flexibility index (Phi) is 2.04. The molecule has 1 aromatic heterocycles. The lowest BCUT2D eigenvalue weighted by Crippen LogP contribution is -2.07. The minimum Gasteiger partial charge on any atom is -0.466 e. The van der Waals surface area contributed by atoms with E-state index >= 15 is 0 Å². The molecule has 1 N–H and O–H groups in total. The predicted octanol–water partition coefficient (Wildman–Crippen LogP) is 1.08. The fourth-order valence-electron chi connectivity index (χ4n) is 1.49. The fraction of sp³-hybridized carbons (Fsp3) is 0.556. The number of hydrogen-bond donors (Lipinski definition) is 1. The van der Waals surface area contributed by atoms with E-state index in [-0.39, 0.29) is 17.8 Å². The van der Waals surface area contributed by atoms with E-state index in [1.165, 1.54) is 0 Å². The summed E-state index contributed by atoms with van der Waals surface area (Å²) in [4.78, 5) is 18.4. The number of rotatable bonds is 3. The highest BCUT2D eigenvalue weighted by atomic mass is 16.5. The Morgan fingerprint density at radius 1 is 1.85 bits per heavy atom. The van der Waals surface area contributed by atoms with Gasteiger partial charge in [-0.1, -0.05) is 0 Å². The number of imidazole rings is 1. The zero-order chi connectivity index (χ0) is 9.26. The Morgan fingerprint density at radius 2 is 2.69 bits per heavy atom. The number of aromatic nitrogens is 2. The van der Waals surface area contributed by atoms with Gasteiger partial charge in [0.2, 0.25) is 0 Å². The number of nitrogens with zero attached hydrogens (tertiary/aromatic N) is 1. The second-order valence-corrected chi connectivity index (χ2v) is 3.18. The average molecular weight is 180 g/mol. The summed E-state index contributed by atoms with van der Waals surface area (Å²) < 4.78 is 4.91. The maximum absolute atomic E-state index is 11.2. The number of carbonyl (C=O) groups is 1. The monoisotopic (exact) mass is 180 g/mol. The number of hydrogen-bond acceptors (Lipinski definition) is 3. The van der Waals surface area contributed by atoms with Gasteiger partial charge in [0, 0.05) is 18.3 Å². The molecule has 0 bridgehead atoms. The van der Waals surface area contributed by atoms with E-state index in [9.17, 15) is 4.79 Å². The van der Waals surface area contributed by atoms with Crippen LogP contribution in [0, 0.1) is 5.92 Å². The molecule has 0 saturated heterocycles. The summed E-state index contributed by atoms with van der Waals surface area (Å²) >= 11 is 0. The summed E-state index contributed by atoms with van der Waals surface area (Å²) in [5.74, 6) is 1.10. The van der Waals surface area contributed by atoms with Crippen LogP contribution in [0.5, 0.6) is 0 Å². The van der Waals surface area contributed by atoms with Crippen LogP contribution in [0.25, 0.3) is 0 Å². The van der Waals surface area contributed by atoms with Crippen molar-refractivity contribution in [2.45, 2.75) is 19.3 Å². The lowest BCUT2D eigenvalue weighted by molar-refractivity contribution is -0.144. The van der Waals surface area contributed by atoms with Crippen molar-refractivity contribution >= 4 is 5.97 Å². The first-order chi connectivity index (χ1) is 6.33. The third-order valence-electron chi connectivity index (χ3n) is 2.25. The maximum atomic E-state index is 11.2. The maximum Gasteiger partial charge on any atom is 0.309 e. The normalized spacial score (nSPS) is 25.6. The van der Waals surface area contributed by atoms with Crippen LogP contribution in [0.1, 0.15) is 25.1 Å². The van der Waals surface area contributed by atoms with E-state index < -0.39 is 0 Å². The lowest BCUT2D eigenvalue weighted by atomic mass is 10.3. The van der Waals surface area contributed by atoms with E-state index in [0.29, 0.717) is 6.61 Å². The molecule has 1 heterocycles. The third kappa shape index (κ3) is 1.56. The Labute approximate surface area is 76.3 Å². The van der Waals surface area contributed by atoms with Gasteiger partial charge in [0.1, 0.15) is 5.82 Å². The Hall–Kier alpha value is -1.32. The molecule has 0 amide bonds. The van der Waals surface area contributed by atoms with Gasteiger partial charge in [-0.3, -0.25) is 4.79 Å². The van der Waals surface area contributed by atoms with E-state index in [1.807, 2.05) is 6.92 Å². The second-order valence-electron chi connectivity index (χ2n) is 3.18. The van der Waals surface area contributed by atoms with Gasteiger partial charge in [0.05, 0.1) is 12.5 Å². The van der Waals surface area contributed by atoms with E-state index in [1.54, 1.807) is 12.4 Å². The molecule has 1 aliphatic carbocycles. The van der Waals surface area contributed by atoms with Crippen LogP contribution in [-0.2, 0) is 9.53 Å². The highest BCUT2D eigenvalue weighted by molar-refractivity contribution is 5.77. The largest absolute Gasteiger partial charge is 0.466 e. The molecule has 1 aliphatic rings. The molecule has 0 radical (unpaired) electrons. The van der Waals surface area contributed by atoms with E-state index in [2.05, 4.69) is 9.97 Å². The Balaban J connectivity index is 1.92. The molecule has 1 aromatic rings. The smallest absolute Gasteiger partial charge is 0.309 e. The molecule has 70 valence electrons. The van der Waals surface area contributed by atoms with Crippen molar-refractivity contribution in [3.63, 3.8) is 0 Å². The molecule has 4 nitrogen and oxygen atoms in total. The van der Waals surface area contributed by atoms with Crippen LogP contribution in [-0.4, -0.2) is 22.5 Å². The number of aromatic amines is 1. The van der Waals surface area contributed by atoms with Crippen LogP contribution in [0.15, 0.2) is 12.4 Å². The number of carbonyl (C=O) groups excluding carboxylic acids is 1. The van der Waals surface area contributed by atoms with Gasteiger partial charge in [-0.15, -0.1) is 0 Å². The first-order valence-corrected chi connectivity index (χ1v) is 4.49. The number of esters is 1. The average Bonchev–Trinajstić information content (AvgIpc) is 2.74. The van der Waals surface area contributed by atoms with Gasteiger partial charge in [-0.25, -0.2) is 4.98 Å². The van der Waals surface area contributed by atoms with E-state index in [0.717, 1.165) is 12.2 Å².